The first-order valence-corrected chi connectivity index (χ1v) is 19.2. The van der Waals surface area contributed by atoms with Gasteiger partial charge in [-0.05, 0) is 116 Å². The smallest absolute Gasteiger partial charge is 0.338 e. The average Bonchev–Trinajstić information content (AvgIpc) is 3.18. The van der Waals surface area contributed by atoms with Crippen LogP contribution in [0.1, 0.15) is 87.2 Å². The van der Waals surface area contributed by atoms with E-state index in [4.69, 9.17) is 25.9 Å². The summed E-state index contributed by atoms with van der Waals surface area (Å²) >= 11 is 6.01. The normalized spacial score (nSPS) is 28.3. The van der Waals surface area contributed by atoms with E-state index >= 15 is 0 Å². The lowest BCUT2D eigenvalue weighted by atomic mass is 9.55. The Labute approximate surface area is 245 Å². The molecule has 2 fully saturated rings. The van der Waals surface area contributed by atoms with E-state index in [-0.39, 0.29) is 32.0 Å². The fourth-order valence-electron chi connectivity index (χ4n) is 7.26. The highest BCUT2D eigenvalue weighted by atomic mass is 35.5. The van der Waals surface area contributed by atoms with Gasteiger partial charge in [0.25, 0.3) is 0 Å². The van der Waals surface area contributed by atoms with Gasteiger partial charge < -0.3 is 9.16 Å². The van der Waals surface area contributed by atoms with Crippen LogP contribution in [0.2, 0.25) is 23.2 Å². The van der Waals surface area contributed by atoms with Crippen molar-refractivity contribution in [3.63, 3.8) is 0 Å². The number of hydrogen-bond acceptors (Lipinski definition) is 5. The quantitative estimate of drug-likeness (QED) is 0.283. The minimum absolute atomic E-state index is 0.0125. The number of benzene rings is 2. The highest BCUT2D eigenvalue weighted by Gasteiger charge is 2.56. The van der Waals surface area contributed by atoms with Gasteiger partial charge in [-0.3, -0.25) is 0 Å². The topological polar surface area (TPSA) is 95.7 Å². The molecule has 0 bridgehead atoms. The van der Waals surface area contributed by atoms with Crippen LogP contribution in [0, 0.1) is 17.3 Å². The van der Waals surface area contributed by atoms with Crippen molar-refractivity contribution in [1.29, 1.82) is 0 Å². The lowest BCUT2D eigenvalue weighted by Crippen LogP contribution is -2.45. The van der Waals surface area contributed by atoms with Gasteiger partial charge in [0.1, 0.15) is 16.7 Å². The van der Waals surface area contributed by atoms with E-state index in [0.717, 1.165) is 44.3 Å². The number of sulfonamides is 1. The molecule has 0 spiro atoms. The van der Waals surface area contributed by atoms with Crippen molar-refractivity contribution < 1.29 is 22.4 Å². The summed E-state index contributed by atoms with van der Waals surface area (Å²) < 4.78 is 36.5. The number of ether oxygens (including phenoxy) is 1. The Kier molecular flexibility index (Phi) is 7.51. The Morgan fingerprint density at radius 3 is 2.48 bits per heavy atom. The molecule has 3 aliphatic carbocycles. The highest BCUT2D eigenvalue weighted by molar-refractivity contribution is 7.89. The predicted molar refractivity (Wildman–Crippen MR) is 161 cm³/mol. The molecule has 6 nitrogen and oxygen atoms in total. The molecule has 9 heteroatoms. The first kappa shape index (κ1) is 29.6. The zero-order valence-corrected chi connectivity index (χ0v) is 27.0. The summed E-state index contributed by atoms with van der Waals surface area (Å²) in [5, 5.41) is 5.42. The van der Waals surface area contributed by atoms with Crippen LogP contribution in [0.3, 0.4) is 0 Å². The number of hydrogen-bond donors (Lipinski definition) is 1. The Bertz CT molecular complexity index is 1440. The van der Waals surface area contributed by atoms with Crippen molar-refractivity contribution in [2.75, 3.05) is 0 Å². The van der Waals surface area contributed by atoms with Crippen molar-refractivity contribution in [1.82, 2.24) is 0 Å². The molecule has 40 heavy (non-hydrogen) atoms. The molecule has 2 saturated carbocycles. The minimum atomic E-state index is -4.05. The Balaban J connectivity index is 1.32. The molecule has 0 heterocycles. The van der Waals surface area contributed by atoms with Crippen LogP contribution in [0.25, 0.3) is 0 Å². The van der Waals surface area contributed by atoms with Crippen LogP contribution in [-0.4, -0.2) is 28.8 Å². The van der Waals surface area contributed by atoms with Gasteiger partial charge in [-0.15, -0.1) is 0 Å². The van der Waals surface area contributed by atoms with Crippen LogP contribution in [-0.2, 0) is 21.2 Å². The lowest BCUT2D eigenvalue weighted by Gasteiger charge is -2.50. The molecule has 218 valence electrons. The molecular formula is C31H42ClNO5SSi. The molecule has 0 saturated heterocycles. The Morgan fingerprint density at radius 1 is 1.07 bits per heavy atom. The molecule has 2 N–H and O–H groups in total. The molecule has 3 unspecified atom stereocenters. The maximum absolute atomic E-state index is 13.1. The summed E-state index contributed by atoms with van der Waals surface area (Å²) in [6, 6.07) is 10.9. The molecule has 0 amide bonds. The molecule has 2 aromatic carbocycles. The summed E-state index contributed by atoms with van der Waals surface area (Å²) in [5.74, 6) is 2.04. The largest absolute Gasteiger partial charge is 0.543 e. The number of esters is 1. The van der Waals surface area contributed by atoms with Gasteiger partial charge in [-0.25, -0.2) is 18.4 Å². The second-order valence-corrected chi connectivity index (χ2v) is 20.5. The molecule has 5 rings (SSSR count). The fourth-order valence-corrected chi connectivity index (χ4v) is 9.35. The van der Waals surface area contributed by atoms with E-state index in [9.17, 15) is 13.2 Å². The molecule has 5 atom stereocenters. The van der Waals surface area contributed by atoms with Gasteiger partial charge in [0, 0.05) is 5.41 Å². The van der Waals surface area contributed by atoms with Gasteiger partial charge in [0.2, 0.25) is 18.3 Å². The number of aryl methyl sites for hydroxylation is 1. The van der Waals surface area contributed by atoms with Gasteiger partial charge >= 0.3 is 5.97 Å². The third-order valence-corrected chi connectivity index (χ3v) is 16.3. The first-order valence-electron chi connectivity index (χ1n) is 14.4. The van der Waals surface area contributed by atoms with E-state index in [1.165, 1.54) is 29.3 Å². The second kappa shape index (κ2) is 10.1. The second-order valence-electron chi connectivity index (χ2n) is 13.8. The summed E-state index contributed by atoms with van der Waals surface area (Å²) in [7, 11) is -5.95. The van der Waals surface area contributed by atoms with E-state index in [0.29, 0.717) is 17.8 Å². The number of fused-ring (bicyclic) bond motifs is 5. The molecule has 0 aromatic heterocycles. The van der Waals surface area contributed by atoms with Crippen molar-refractivity contribution in [2.45, 2.75) is 101 Å². The number of nitrogens with two attached hydrogens (primary N) is 1. The fraction of sp³-hybridized carbons (Fsp3) is 0.581. The van der Waals surface area contributed by atoms with Gasteiger partial charge in [0.15, 0.2) is 0 Å². The predicted octanol–water partition coefficient (Wildman–Crippen LogP) is 7.45. The minimum Gasteiger partial charge on any atom is -0.543 e. The van der Waals surface area contributed by atoms with E-state index in [2.05, 4.69) is 59.0 Å². The Hall–Kier alpha value is -1.87. The maximum Gasteiger partial charge on any atom is 0.338 e. The maximum atomic E-state index is 13.1. The van der Waals surface area contributed by atoms with Crippen LogP contribution in [0.15, 0.2) is 41.3 Å². The number of rotatable bonds is 5. The molecule has 2 aromatic rings. The molecule has 0 radical (unpaired) electrons. The standard InChI is InChI=1S/C31H42ClNO5SSi/c1-30(2,3)40(5,6)38-21-9-11-22-19(17-21)7-10-24-23(22)15-16-31(4)25(24)12-14-28(31)37-29(34)20-8-13-26(32)27(18-20)39(33,35)36/h8-9,11,13,17-18,23-25,28H,7,10,12,14-16H2,1-6H3,(H2,33,35,36)/t23?,24?,25?,28-,31-/m0/s1. The lowest BCUT2D eigenvalue weighted by molar-refractivity contribution is -0.0428. The van der Waals surface area contributed by atoms with Crippen LogP contribution in [0.5, 0.6) is 5.75 Å². The first-order chi connectivity index (χ1) is 18.5. The zero-order valence-electron chi connectivity index (χ0n) is 24.4. The zero-order chi connectivity index (χ0) is 29.3. The molecule has 0 aliphatic heterocycles. The Morgan fingerprint density at radius 2 is 1.80 bits per heavy atom. The van der Waals surface area contributed by atoms with Crippen LogP contribution >= 0.6 is 11.6 Å². The summed E-state index contributed by atoms with van der Waals surface area (Å²) in [4.78, 5) is 12.9. The van der Waals surface area contributed by atoms with Gasteiger partial charge in [0.05, 0.1) is 10.6 Å². The third kappa shape index (κ3) is 5.25. The molecule has 3 aliphatic rings. The van der Waals surface area contributed by atoms with Crippen molar-refractivity contribution in [3.8, 4) is 5.75 Å². The number of carbonyl (C=O) groups is 1. The number of halogens is 1. The van der Waals surface area contributed by atoms with Crippen molar-refractivity contribution in [2.24, 2.45) is 22.4 Å². The van der Waals surface area contributed by atoms with E-state index in [1.807, 2.05) is 0 Å². The SMILES string of the molecule is CC(C)(C)[Si](C)(C)Oc1ccc2c(c1)CCC1C2CC[C@@]2(C)C1CC[C@@H]2OC(=O)c1ccc(Cl)c(S(N)(=O)=O)c1. The van der Waals surface area contributed by atoms with Gasteiger partial charge in [-0.2, -0.15) is 0 Å². The van der Waals surface area contributed by atoms with E-state index < -0.39 is 24.3 Å². The summed E-state index contributed by atoms with van der Waals surface area (Å²) in [6.45, 7) is 13.7. The molecular weight excluding hydrogens is 562 g/mol. The summed E-state index contributed by atoms with van der Waals surface area (Å²) in [5.41, 5.74) is 2.94. The summed E-state index contributed by atoms with van der Waals surface area (Å²) in [6.07, 6.45) is 5.87. The van der Waals surface area contributed by atoms with Crippen molar-refractivity contribution in [3.05, 3.63) is 58.1 Å². The van der Waals surface area contributed by atoms with Gasteiger partial charge in [-0.1, -0.05) is 45.4 Å². The number of carbonyl (C=O) groups excluding carboxylic acids is 1. The highest BCUT2D eigenvalue weighted by Crippen LogP contribution is 2.61. The monoisotopic (exact) mass is 603 g/mol. The average molecular weight is 604 g/mol. The third-order valence-electron chi connectivity index (χ3n) is 10.5. The van der Waals surface area contributed by atoms with Crippen LogP contribution < -0.4 is 9.56 Å². The van der Waals surface area contributed by atoms with E-state index in [1.54, 1.807) is 0 Å². The van der Waals surface area contributed by atoms with Crippen LogP contribution in [0.4, 0.5) is 0 Å². The van der Waals surface area contributed by atoms with Crippen molar-refractivity contribution >= 4 is 35.9 Å². The number of primary sulfonamides is 1.